The minimum atomic E-state index is -5.16. The molecule has 5 saturated heterocycles. The van der Waals surface area contributed by atoms with Crippen LogP contribution in [0.1, 0.15) is 13.8 Å². The lowest BCUT2D eigenvalue weighted by atomic mass is 9.93. The molecule has 1 amide bonds. The fraction of sp³-hybridized carbons (Fsp3) is 0.969. The van der Waals surface area contributed by atoms with E-state index >= 15 is 0 Å². The van der Waals surface area contributed by atoms with E-state index in [0.717, 1.165) is 6.92 Å². The maximum absolute atomic E-state index is 12.8. The quantitative estimate of drug-likeness (QED) is 0.0678. The first-order valence-electron chi connectivity index (χ1n) is 19.1. The second-order valence-corrected chi connectivity index (χ2v) is 16.3. The smallest absolute Gasteiger partial charge is 0.394 e. The number of amides is 1. The number of rotatable bonds is 15. The van der Waals surface area contributed by atoms with E-state index in [1.807, 2.05) is 0 Å². The van der Waals surface area contributed by atoms with Gasteiger partial charge in [0.05, 0.1) is 32.5 Å². The molecule has 0 radical (unpaired) electrons. The van der Waals surface area contributed by atoms with E-state index in [9.17, 15) is 84.7 Å². The van der Waals surface area contributed by atoms with Gasteiger partial charge < -0.3 is 119 Å². The van der Waals surface area contributed by atoms with Gasteiger partial charge in [0.15, 0.2) is 31.5 Å². The molecule has 5 fully saturated rings. The molecule has 1 unspecified atom stereocenters. The molecule has 25 atom stereocenters. The summed E-state index contributed by atoms with van der Waals surface area (Å²) < 4.78 is 87.2. The number of nitrogens with one attached hydrogen (secondary N) is 1. The summed E-state index contributed by atoms with van der Waals surface area (Å²) in [5.74, 6) is -0.910. The van der Waals surface area contributed by atoms with Crippen molar-refractivity contribution in [2.45, 2.75) is 167 Å². The number of carbonyl (C=O) groups is 1. The first kappa shape index (κ1) is 51.4. The van der Waals surface area contributed by atoms with E-state index in [4.69, 9.17) is 47.2 Å². The summed E-state index contributed by atoms with van der Waals surface area (Å²) >= 11 is 0. The normalized spacial score (nSPS) is 49.3. The molecule has 5 aliphatic rings. The van der Waals surface area contributed by atoms with Crippen LogP contribution in [0.5, 0.6) is 0 Å². The highest BCUT2D eigenvalue weighted by Crippen LogP contribution is 2.37. The van der Waals surface area contributed by atoms with Gasteiger partial charge in [-0.15, -0.1) is 0 Å². The largest absolute Gasteiger partial charge is 0.397 e. The lowest BCUT2D eigenvalue weighted by Crippen LogP contribution is -2.71. The van der Waals surface area contributed by atoms with Crippen LogP contribution in [0.4, 0.5) is 0 Å². The predicted molar refractivity (Wildman–Crippen MR) is 187 cm³/mol. The minimum absolute atomic E-state index is 0.910. The zero-order valence-corrected chi connectivity index (χ0v) is 33.5. The van der Waals surface area contributed by atoms with Gasteiger partial charge in [-0.05, 0) is 6.92 Å². The van der Waals surface area contributed by atoms with Gasteiger partial charge in [-0.3, -0.25) is 9.35 Å². The maximum atomic E-state index is 12.8. The second kappa shape index (κ2) is 21.4. The van der Waals surface area contributed by atoms with E-state index < -0.39 is 196 Å². The molecule has 30 heteroatoms. The van der Waals surface area contributed by atoms with Gasteiger partial charge in [0, 0.05) is 6.92 Å². The van der Waals surface area contributed by atoms with Crippen LogP contribution in [0.25, 0.3) is 0 Å². The van der Waals surface area contributed by atoms with Gasteiger partial charge in [0.1, 0.15) is 116 Å². The molecule has 5 heterocycles. The fourth-order valence-electron chi connectivity index (χ4n) is 7.51. The summed E-state index contributed by atoms with van der Waals surface area (Å²) in [4.78, 5) is 12.8. The third-order valence-corrected chi connectivity index (χ3v) is 11.3. The molecule has 0 aliphatic carbocycles. The number of ether oxygens (including phenoxy) is 9. The average Bonchev–Trinajstić information content (AvgIpc) is 3.22. The molecule has 5 rings (SSSR count). The van der Waals surface area contributed by atoms with Crippen LogP contribution >= 0.6 is 0 Å². The highest BCUT2D eigenvalue weighted by atomic mass is 32.3. The third-order valence-electron chi connectivity index (χ3n) is 10.9. The summed E-state index contributed by atoms with van der Waals surface area (Å²) in [6.07, 6.45) is -46.1. The molecule has 362 valence electrons. The van der Waals surface area contributed by atoms with Crippen molar-refractivity contribution in [3.63, 3.8) is 0 Å². The van der Waals surface area contributed by atoms with E-state index in [2.05, 4.69) is 9.50 Å². The fourth-order valence-corrected chi connectivity index (χ4v) is 7.81. The van der Waals surface area contributed by atoms with Gasteiger partial charge >= 0.3 is 10.4 Å². The van der Waals surface area contributed by atoms with Gasteiger partial charge in [0.25, 0.3) is 0 Å². The monoisotopic (exact) mass is 933 g/mol. The van der Waals surface area contributed by atoms with E-state index in [1.54, 1.807) is 0 Å². The molecule has 16 N–H and O–H groups in total. The topological polar surface area (TPSA) is 459 Å². The standard InChI is InChI=1S/C32H55NO28S/c1-7-14(38)17(41)21(45)30(53-7)59-25-11(5-36)56-29(13(33-8(2)37)26(25)60-31-22(46)18(42)15(39)12(57-31)6-52-62(49,50)51)61-27-16(40)9(3-34)55-32(23(27)47)58-24-10(4-35)54-28(48)20(44)19(24)43/h7,9-32,34-36,38-48H,3-6H2,1-2H3,(H,33,37)(H,49,50,51)/t7-,9+,10+,11+,12+,13+,14+,15-,16-,17+,18-,19+,20+,21-,22+,23+,24+,25+,26+,27-,28?,29-,30-,31-,32-/m0/s1. The lowest BCUT2D eigenvalue weighted by molar-refractivity contribution is -0.391. The molecule has 0 bridgehead atoms. The van der Waals surface area contributed by atoms with Crippen molar-refractivity contribution < 1.29 is 136 Å². The van der Waals surface area contributed by atoms with Crippen LogP contribution in [0.15, 0.2) is 0 Å². The van der Waals surface area contributed by atoms with Crippen LogP contribution in [0.3, 0.4) is 0 Å². The van der Waals surface area contributed by atoms with Crippen LogP contribution < -0.4 is 5.32 Å². The number of aliphatic hydroxyl groups excluding tert-OH is 14. The SMILES string of the molecule is CC(=O)N[C@H]1[C@H](O[C@H]2[C@@H](O)[C@@H](CO)O[C@@H](O[C@H]3[C@H](O)[C@@H](O)C(O)O[C@@H]3CO)[C@@H]2O)O[C@H](CO)[C@@H](O[C@@H]2O[C@@H](C)[C@@H](O)[C@@H](O)[C@@H]2O)[C@@H]1O[C@@H]1O[C@H](COS(=O)(=O)O)[C@H](O)[C@H](O)[C@H]1O. The van der Waals surface area contributed by atoms with Gasteiger partial charge in [-0.25, -0.2) is 4.18 Å². The van der Waals surface area contributed by atoms with Crippen molar-refractivity contribution in [2.75, 3.05) is 26.4 Å². The van der Waals surface area contributed by atoms with Crippen molar-refractivity contribution >= 4 is 16.3 Å². The summed E-state index contributed by atoms with van der Waals surface area (Å²) in [6.45, 7) is -1.90. The third kappa shape index (κ3) is 11.3. The Morgan fingerprint density at radius 2 is 1.00 bits per heavy atom. The van der Waals surface area contributed by atoms with Crippen LogP contribution in [-0.2, 0) is 62.0 Å². The van der Waals surface area contributed by atoms with E-state index in [1.165, 1.54) is 6.92 Å². The van der Waals surface area contributed by atoms with Crippen molar-refractivity contribution in [3.8, 4) is 0 Å². The van der Waals surface area contributed by atoms with Crippen molar-refractivity contribution in [1.29, 1.82) is 0 Å². The molecule has 5 aliphatic heterocycles. The Bertz CT molecular complexity index is 1550. The van der Waals surface area contributed by atoms with Crippen LogP contribution in [0, 0.1) is 0 Å². The molecule has 0 spiro atoms. The van der Waals surface area contributed by atoms with E-state index in [-0.39, 0.29) is 0 Å². The predicted octanol–water partition coefficient (Wildman–Crippen LogP) is -10.9. The number of hydrogen-bond donors (Lipinski definition) is 16. The summed E-state index contributed by atoms with van der Waals surface area (Å²) in [6, 6.07) is -1.86. The molecule has 29 nitrogen and oxygen atoms in total. The molecule has 0 aromatic carbocycles. The van der Waals surface area contributed by atoms with Crippen molar-refractivity contribution in [2.24, 2.45) is 0 Å². The number of carbonyl (C=O) groups excluding carboxylic acids is 1. The van der Waals surface area contributed by atoms with Gasteiger partial charge in [-0.2, -0.15) is 8.42 Å². The van der Waals surface area contributed by atoms with Crippen molar-refractivity contribution in [1.82, 2.24) is 5.32 Å². The molecule has 62 heavy (non-hydrogen) atoms. The zero-order valence-electron chi connectivity index (χ0n) is 32.7. The molecular formula is C32H55NO28S. The Morgan fingerprint density at radius 1 is 0.516 bits per heavy atom. The van der Waals surface area contributed by atoms with Crippen LogP contribution in [0.2, 0.25) is 0 Å². The Kier molecular flexibility index (Phi) is 17.7. The Morgan fingerprint density at radius 3 is 1.58 bits per heavy atom. The molecule has 0 aromatic heterocycles. The first-order chi connectivity index (χ1) is 29.0. The average molecular weight is 934 g/mol. The van der Waals surface area contributed by atoms with Crippen molar-refractivity contribution in [3.05, 3.63) is 0 Å². The highest BCUT2D eigenvalue weighted by Gasteiger charge is 2.58. The Labute approximate surface area is 351 Å². The minimum Gasteiger partial charge on any atom is -0.394 e. The highest BCUT2D eigenvalue weighted by molar-refractivity contribution is 7.80. The van der Waals surface area contributed by atoms with Gasteiger partial charge in [-0.1, -0.05) is 0 Å². The van der Waals surface area contributed by atoms with Crippen LogP contribution in [-0.4, -0.2) is 270 Å². The first-order valence-corrected chi connectivity index (χ1v) is 20.5. The molecule has 0 saturated carbocycles. The molecular weight excluding hydrogens is 878 g/mol. The number of hydrogen-bond acceptors (Lipinski definition) is 27. The Hall–Kier alpha value is -1.58. The Balaban J connectivity index is 1.51. The van der Waals surface area contributed by atoms with E-state index in [0.29, 0.717) is 0 Å². The van der Waals surface area contributed by atoms with Gasteiger partial charge in [0.2, 0.25) is 5.91 Å². The zero-order chi connectivity index (χ0) is 46.1. The number of aliphatic hydroxyl groups is 14. The maximum Gasteiger partial charge on any atom is 0.397 e. The lowest BCUT2D eigenvalue weighted by Gasteiger charge is -2.51. The summed E-state index contributed by atoms with van der Waals surface area (Å²) in [5, 5.41) is 150. The summed E-state index contributed by atoms with van der Waals surface area (Å²) in [7, 11) is -5.16. The second-order valence-electron chi connectivity index (χ2n) is 15.2. The molecule has 0 aromatic rings. The summed E-state index contributed by atoms with van der Waals surface area (Å²) in [5.41, 5.74) is 0.